The van der Waals surface area contributed by atoms with Gasteiger partial charge in [0.05, 0.1) is 5.60 Å². The zero-order valence-corrected chi connectivity index (χ0v) is 10.9. The van der Waals surface area contributed by atoms with Gasteiger partial charge in [-0.3, -0.25) is 0 Å². The number of nitrogens with zero attached hydrogens (tertiary/aromatic N) is 2. The van der Waals surface area contributed by atoms with Gasteiger partial charge < -0.3 is 20.6 Å². The maximum absolute atomic E-state index is 9.82. The number of likely N-dealkylation sites (N-methyl/N-ethyl adjacent to an activating group) is 2. The van der Waals surface area contributed by atoms with Gasteiger partial charge in [-0.2, -0.15) is 0 Å². The number of likely N-dealkylation sites (tertiary alicyclic amines) is 1. The molecule has 1 aliphatic heterocycles. The van der Waals surface area contributed by atoms with Gasteiger partial charge in [-0.1, -0.05) is 0 Å². The van der Waals surface area contributed by atoms with E-state index in [-0.39, 0.29) is 0 Å². The Labute approximate surface area is 99.4 Å². The van der Waals surface area contributed by atoms with Gasteiger partial charge in [0.25, 0.3) is 0 Å². The van der Waals surface area contributed by atoms with Crippen LogP contribution >= 0.6 is 0 Å². The van der Waals surface area contributed by atoms with Crippen LogP contribution in [0.4, 0.5) is 0 Å². The van der Waals surface area contributed by atoms with Crippen molar-refractivity contribution in [2.75, 3.05) is 40.3 Å². The second kappa shape index (κ2) is 5.96. The van der Waals surface area contributed by atoms with Gasteiger partial charge in [-0.15, -0.1) is 0 Å². The summed E-state index contributed by atoms with van der Waals surface area (Å²) >= 11 is 0. The van der Waals surface area contributed by atoms with E-state index >= 15 is 0 Å². The molecular weight excluding hydrogens is 202 g/mol. The van der Waals surface area contributed by atoms with Crippen molar-refractivity contribution in [1.29, 1.82) is 0 Å². The molecule has 3 N–H and O–H groups in total. The minimum atomic E-state index is -0.712. The fraction of sp³-hybridized carbons (Fsp3) is 1.00. The summed E-state index contributed by atoms with van der Waals surface area (Å²) in [6.07, 6.45) is 3.36. The lowest BCUT2D eigenvalue weighted by molar-refractivity contribution is 0.0483. The van der Waals surface area contributed by atoms with E-state index in [9.17, 15) is 5.11 Å². The molecule has 0 bridgehead atoms. The Hall–Kier alpha value is -0.160. The van der Waals surface area contributed by atoms with Gasteiger partial charge in [0, 0.05) is 25.7 Å². The highest BCUT2D eigenvalue weighted by molar-refractivity contribution is 4.80. The highest BCUT2D eigenvalue weighted by atomic mass is 16.3. The van der Waals surface area contributed by atoms with Crippen LogP contribution in [0.3, 0.4) is 0 Å². The van der Waals surface area contributed by atoms with Gasteiger partial charge in [-0.25, -0.2) is 0 Å². The molecule has 0 aromatic carbocycles. The summed E-state index contributed by atoms with van der Waals surface area (Å²) in [6, 6.07) is 0.688. The molecule has 0 aliphatic carbocycles. The summed E-state index contributed by atoms with van der Waals surface area (Å²) in [6.45, 7) is 5.37. The molecule has 4 heteroatoms. The van der Waals surface area contributed by atoms with Crippen LogP contribution in [0.5, 0.6) is 0 Å². The Morgan fingerprint density at radius 2 is 2.25 bits per heavy atom. The van der Waals surface area contributed by atoms with Crippen LogP contribution in [0.1, 0.15) is 26.2 Å². The van der Waals surface area contributed by atoms with Crippen LogP contribution < -0.4 is 5.73 Å². The Bertz CT molecular complexity index is 208. The molecule has 0 saturated carbocycles. The van der Waals surface area contributed by atoms with Gasteiger partial charge in [0.2, 0.25) is 0 Å². The first-order valence-corrected chi connectivity index (χ1v) is 6.26. The molecule has 1 saturated heterocycles. The first-order chi connectivity index (χ1) is 7.44. The van der Waals surface area contributed by atoms with Crippen molar-refractivity contribution in [1.82, 2.24) is 9.80 Å². The fourth-order valence-corrected chi connectivity index (χ4v) is 2.19. The fourth-order valence-electron chi connectivity index (χ4n) is 2.19. The molecular formula is C12H27N3O. The largest absolute Gasteiger partial charge is 0.389 e. The average Bonchev–Trinajstić information content (AvgIpc) is 2.62. The molecule has 4 nitrogen and oxygen atoms in total. The third-order valence-electron chi connectivity index (χ3n) is 3.67. The van der Waals surface area contributed by atoms with E-state index in [0.29, 0.717) is 12.6 Å². The van der Waals surface area contributed by atoms with Gasteiger partial charge in [0.1, 0.15) is 0 Å². The molecule has 0 spiro atoms. The van der Waals surface area contributed by atoms with Crippen molar-refractivity contribution in [2.45, 2.75) is 37.8 Å². The van der Waals surface area contributed by atoms with Crippen molar-refractivity contribution in [3.05, 3.63) is 0 Å². The van der Waals surface area contributed by atoms with E-state index in [1.807, 2.05) is 6.92 Å². The second-order valence-corrected chi connectivity index (χ2v) is 5.49. The number of hydrogen-bond acceptors (Lipinski definition) is 4. The van der Waals surface area contributed by atoms with Crippen molar-refractivity contribution in [3.63, 3.8) is 0 Å². The molecule has 0 amide bonds. The quantitative estimate of drug-likeness (QED) is 0.679. The maximum atomic E-state index is 9.82. The molecule has 1 aliphatic rings. The summed E-state index contributed by atoms with van der Waals surface area (Å²) in [7, 11) is 4.32. The molecule has 96 valence electrons. The predicted molar refractivity (Wildman–Crippen MR) is 67.4 cm³/mol. The summed E-state index contributed by atoms with van der Waals surface area (Å²) in [5.41, 5.74) is 4.79. The standard InChI is InChI=1S/C12H27N3O/c1-12(16,10-13)6-8-14(2)9-11-5-4-7-15(11)3/h11,16H,4-10,13H2,1-3H3. The van der Waals surface area contributed by atoms with Crippen LogP contribution in [-0.4, -0.2) is 66.8 Å². The van der Waals surface area contributed by atoms with Crippen molar-refractivity contribution >= 4 is 0 Å². The van der Waals surface area contributed by atoms with E-state index < -0.39 is 5.60 Å². The smallest absolute Gasteiger partial charge is 0.0753 e. The highest BCUT2D eigenvalue weighted by Crippen LogP contribution is 2.16. The number of hydrogen-bond donors (Lipinski definition) is 2. The van der Waals surface area contributed by atoms with Gasteiger partial charge >= 0.3 is 0 Å². The van der Waals surface area contributed by atoms with E-state index in [4.69, 9.17) is 5.73 Å². The Morgan fingerprint density at radius 3 is 2.75 bits per heavy atom. The summed E-state index contributed by atoms with van der Waals surface area (Å²) in [5.74, 6) is 0. The predicted octanol–water partition coefficient (Wildman–Crippen LogP) is 0.112. The third kappa shape index (κ3) is 4.37. The minimum Gasteiger partial charge on any atom is -0.389 e. The topological polar surface area (TPSA) is 52.7 Å². The Morgan fingerprint density at radius 1 is 1.56 bits per heavy atom. The average molecular weight is 229 g/mol. The lowest BCUT2D eigenvalue weighted by atomic mass is 10.0. The number of rotatable bonds is 6. The van der Waals surface area contributed by atoms with E-state index in [0.717, 1.165) is 19.5 Å². The minimum absolute atomic E-state index is 0.337. The van der Waals surface area contributed by atoms with Crippen molar-refractivity contribution in [2.24, 2.45) is 5.73 Å². The molecule has 2 unspecified atom stereocenters. The monoisotopic (exact) mass is 229 g/mol. The molecule has 16 heavy (non-hydrogen) atoms. The second-order valence-electron chi connectivity index (χ2n) is 5.49. The van der Waals surface area contributed by atoms with Crippen molar-refractivity contribution < 1.29 is 5.11 Å². The van der Waals surface area contributed by atoms with Crippen LogP contribution in [0.25, 0.3) is 0 Å². The molecule has 0 aromatic rings. The molecule has 2 atom stereocenters. The summed E-state index contributed by atoms with van der Waals surface area (Å²) in [5, 5.41) is 9.82. The van der Waals surface area contributed by atoms with Gasteiger partial charge in [0.15, 0.2) is 0 Å². The lowest BCUT2D eigenvalue weighted by Gasteiger charge is -2.28. The van der Waals surface area contributed by atoms with Crippen LogP contribution in [0.2, 0.25) is 0 Å². The maximum Gasteiger partial charge on any atom is 0.0753 e. The van der Waals surface area contributed by atoms with Crippen LogP contribution in [-0.2, 0) is 0 Å². The highest BCUT2D eigenvalue weighted by Gasteiger charge is 2.23. The zero-order chi connectivity index (χ0) is 12.2. The lowest BCUT2D eigenvalue weighted by Crippen LogP contribution is -2.41. The van der Waals surface area contributed by atoms with Crippen molar-refractivity contribution in [3.8, 4) is 0 Å². The van der Waals surface area contributed by atoms with Crippen LogP contribution in [0, 0.1) is 0 Å². The Balaban J connectivity index is 2.22. The molecule has 0 radical (unpaired) electrons. The third-order valence-corrected chi connectivity index (χ3v) is 3.67. The molecule has 1 heterocycles. The molecule has 0 aromatic heterocycles. The first kappa shape index (κ1) is 13.9. The van der Waals surface area contributed by atoms with Gasteiger partial charge in [-0.05, 0) is 46.8 Å². The number of nitrogens with two attached hydrogens (primary N) is 1. The molecule has 1 rings (SSSR count). The summed E-state index contributed by atoms with van der Waals surface area (Å²) < 4.78 is 0. The number of aliphatic hydroxyl groups is 1. The summed E-state index contributed by atoms with van der Waals surface area (Å²) in [4.78, 5) is 4.73. The Kier molecular flexibility index (Phi) is 5.18. The van der Waals surface area contributed by atoms with Crippen LogP contribution in [0.15, 0.2) is 0 Å². The normalized spacial score (nSPS) is 26.2. The zero-order valence-electron chi connectivity index (χ0n) is 10.9. The first-order valence-electron chi connectivity index (χ1n) is 6.26. The molecule has 1 fully saturated rings. The van der Waals surface area contributed by atoms with E-state index in [1.165, 1.54) is 19.4 Å². The van der Waals surface area contributed by atoms with E-state index in [2.05, 4.69) is 23.9 Å². The van der Waals surface area contributed by atoms with E-state index in [1.54, 1.807) is 0 Å². The SMILES string of the molecule is CN(CCC(C)(O)CN)CC1CCCN1C.